The number of halogens is 4. The molecule has 0 heterocycles. The highest BCUT2D eigenvalue weighted by Gasteiger charge is 2.32. The maximum Gasteiger partial charge on any atom is 0.401 e. The average Bonchev–Trinajstić information content (AvgIpc) is 2.30. The summed E-state index contributed by atoms with van der Waals surface area (Å²) in [4.78, 5) is 11.6. The molecule has 1 aromatic carbocycles. The summed E-state index contributed by atoms with van der Waals surface area (Å²) in [6.07, 6.45) is -4.50. The van der Waals surface area contributed by atoms with E-state index in [0.717, 1.165) is 6.07 Å². The fourth-order valence-electron chi connectivity index (χ4n) is 1.47. The van der Waals surface area contributed by atoms with Crippen LogP contribution in [-0.4, -0.2) is 25.3 Å². The fraction of sp³-hybridized carbons (Fsp3) is 0.417. The van der Waals surface area contributed by atoms with E-state index in [9.17, 15) is 22.4 Å². The van der Waals surface area contributed by atoms with Crippen LogP contribution in [0.4, 0.5) is 17.6 Å². The molecule has 0 aromatic heterocycles. The van der Waals surface area contributed by atoms with Crippen LogP contribution in [0.1, 0.15) is 18.5 Å². The lowest BCUT2D eigenvalue weighted by molar-refractivity contribution is -0.149. The third-order valence-electron chi connectivity index (χ3n) is 2.25. The summed E-state index contributed by atoms with van der Waals surface area (Å²) >= 11 is 0. The molecule has 0 spiro atoms. The van der Waals surface area contributed by atoms with Crippen LogP contribution in [-0.2, 0) is 9.53 Å². The smallest absolute Gasteiger partial charge is 0.401 e. The Balaban J connectivity index is 2.93. The summed E-state index contributed by atoms with van der Waals surface area (Å²) in [5, 5.41) is 1.96. The minimum absolute atomic E-state index is 0.00250. The number of carbonyl (C=O) groups is 1. The van der Waals surface area contributed by atoms with E-state index < -0.39 is 30.5 Å². The van der Waals surface area contributed by atoms with Crippen molar-refractivity contribution in [3.05, 3.63) is 35.6 Å². The summed E-state index contributed by atoms with van der Waals surface area (Å²) in [5.74, 6) is -1.72. The van der Waals surface area contributed by atoms with Crippen LogP contribution in [0, 0.1) is 5.82 Å². The monoisotopic (exact) mass is 279 g/mol. The Hall–Kier alpha value is -1.63. The molecule has 1 unspecified atom stereocenters. The van der Waals surface area contributed by atoms with Gasteiger partial charge in [-0.25, -0.2) is 9.18 Å². The number of alkyl halides is 3. The normalized spacial score (nSPS) is 13.1. The number of benzene rings is 1. The molecule has 106 valence electrons. The van der Waals surface area contributed by atoms with Crippen LogP contribution in [0.25, 0.3) is 0 Å². The molecule has 0 aliphatic heterocycles. The van der Waals surface area contributed by atoms with Gasteiger partial charge in [0.15, 0.2) is 0 Å². The van der Waals surface area contributed by atoms with Crippen LogP contribution in [0.15, 0.2) is 24.3 Å². The Kier molecular flexibility index (Phi) is 5.29. The van der Waals surface area contributed by atoms with Crippen LogP contribution < -0.4 is 5.32 Å². The van der Waals surface area contributed by atoms with E-state index in [1.54, 1.807) is 0 Å². The largest absolute Gasteiger partial charge is 0.465 e. The van der Waals surface area contributed by atoms with Crippen LogP contribution in [0.5, 0.6) is 0 Å². The molecule has 3 nitrogen and oxygen atoms in total. The maximum absolute atomic E-state index is 13.5. The first kappa shape index (κ1) is 15.4. The second-order valence-electron chi connectivity index (χ2n) is 3.70. The van der Waals surface area contributed by atoms with Gasteiger partial charge in [0.05, 0.1) is 13.2 Å². The van der Waals surface area contributed by atoms with Crippen molar-refractivity contribution in [3.63, 3.8) is 0 Å². The lowest BCUT2D eigenvalue weighted by Crippen LogP contribution is -2.37. The van der Waals surface area contributed by atoms with Crippen LogP contribution >= 0.6 is 0 Å². The van der Waals surface area contributed by atoms with Crippen molar-refractivity contribution in [1.29, 1.82) is 0 Å². The first-order valence-corrected chi connectivity index (χ1v) is 5.56. The predicted molar refractivity (Wildman–Crippen MR) is 59.8 cm³/mol. The predicted octanol–water partition coefficient (Wildman–Crippen LogP) is 2.58. The second kappa shape index (κ2) is 6.51. The van der Waals surface area contributed by atoms with E-state index in [2.05, 4.69) is 4.74 Å². The van der Waals surface area contributed by atoms with E-state index in [0.29, 0.717) is 0 Å². The topological polar surface area (TPSA) is 38.3 Å². The maximum atomic E-state index is 13.5. The summed E-state index contributed by atoms with van der Waals surface area (Å²) in [6, 6.07) is 3.63. The lowest BCUT2D eigenvalue weighted by Gasteiger charge is -2.19. The zero-order valence-electron chi connectivity index (χ0n) is 10.1. The summed E-state index contributed by atoms with van der Waals surface area (Å²) in [7, 11) is 0. The van der Waals surface area contributed by atoms with Crippen molar-refractivity contribution < 1.29 is 27.1 Å². The molecule has 0 fully saturated rings. The quantitative estimate of drug-likeness (QED) is 0.665. The van der Waals surface area contributed by atoms with Crippen molar-refractivity contribution in [2.45, 2.75) is 19.1 Å². The minimum Gasteiger partial charge on any atom is -0.465 e. The Morgan fingerprint density at radius 3 is 2.53 bits per heavy atom. The SMILES string of the molecule is CCOC(=O)C(NCC(F)(F)F)c1ccccc1F. The number of rotatable bonds is 5. The molecule has 0 saturated carbocycles. The zero-order chi connectivity index (χ0) is 14.5. The fourth-order valence-corrected chi connectivity index (χ4v) is 1.47. The van der Waals surface area contributed by atoms with Gasteiger partial charge in [-0.2, -0.15) is 13.2 Å². The van der Waals surface area contributed by atoms with Gasteiger partial charge in [-0.1, -0.05) is 18.2 Å². The van der Waals surface area contributed by atoms with Gasteiger partial charge in [0.1, 0.15) is 11.9 Å². The van der Waals surface area contributed by atoms with Crippen LogP contribution in [0.3, 0.4) is 0 Å². The second-order valence-corrected chi connectivity index (χ2v) is 3.70. The number of hydrogen-bond donors (Lipinski definition) is 1. The van der Waals surface area contributed by atoms with E-state index >= 15 is 0 Å². The molecule has 0 aliphatic rings. The van der Waals surface area contributed by atoms with E-state index in [1.165, 1.54) is 25.1 Å². The highest BCUT2D eigenvalue weighted by Crippen LogP contribution is 2.21. The molecule has 19 heavy (non-hydrogen) atoms. The number of ether oxygens (including phenoxy) is 1. The summed E-state index contributed by atoms with van der Waals surface area (Å²) in [6.45, 7) is 0.0996. The standard InChI is InChI=1S/C12H13F4NO2/c1-2-19-11(18)10(17-7-12(14,15)16)8-5-3-4-6-9(8)13/h3-6,10,17H,2,7H2,1H3. The van der Waals surface area contributed by atoms with Crippen LogP contribution in [0.2, 0.25) is 0 Å². The van der Waals surface area contributed by atoms with Gasteiger partial charge in [-0.05, 0) is 13.0 Å². The first-order valence-electron chi connectivity index (χ1n) is 5.56. The molecular formula is C12H13F4NO2. The summed E-state index contributed by atoms with van der Waals surface area (Å²) in [5.41, 5.74) is -0.176. The van der Waals surface area contributed by atoms with Crippen molar-refractivity contribution in [2.75, 3.05) is 13.2 Å². The Bertz CT molecular complexity index is 434. The third-order valence-corrected chi connectivity index (χ3v) is 2.25. The number of nitrogens with one attached hydrogen (secondary N) is 1. The van der Waals surface area contributed by atoms with Crippen molar-refractivity contribution in [1.82, 2.24) is 5.32 Å². The molecule has 7 heteroatoms. The molecule has 0 bridgehead atoms. The number of hydrogen-bond acceptors (Lipinski definition) is 3. The van der Waals surface area contributed by atoms with Gasteiger partial charge in [-0.3, -0.25) is 5.32 Å². The van der Waals surface area contributed by atoms with Gasteiger partial charge < -0.3 is 4.74 Å². The van der Waals surface area contributed by atoms with Crippen molar-refractivity contribution in [2.24, 2.45) is 0 Å². The lowest BCUT2D eigenvalue weighted by atomic mass is 10.1. The number of carbonyl (C=O) groups excluding carboxylic acids is 1. The molecule has 1 atom stereocenters. The molecule has 1 N–H and O–H groups in total. The molecule has 1 rings (SSSR count). The Morgan fingerprint density at radius 1 is 1.37 bits per heavy atom. The number of esters is 1. The molecule has 0 saturated heterocycles. The highest BCUT2D eigenvalue weighted by molar-refractivity contribution is 5.77. The van der Waals surface area contributed by atoms with Crippen molar-refractivity contribution >= 4 is 5.97 Å². The Morgan fingerprint density at radius 2 is 2.00 bits per heavy atom. The minimum atomic E-state index is -4.50. The van der Waals surface area contributed by atoms with E-state index in [-0.39, 0.29) is 12.2 Å². The van der Waals surface area contributed by atoms with E-state index in [4.69, 9.17) is 0 Å². The van der Waals surface area contributed by atoms with Gasteiger partial charge in [0.2, 0.25) is 0 Å². The molecule has 0 aliphatic carbocycles. The zero-order valence-corrected chi connectivity index (χ0v) is 10.1. The van der Waals surface area contributed by atoms with Gasteiger partial charge >= 0.3 is 12.1 Å². The molecular weight excluding hydrogens is 266 g/mol. The molecule has 1 aromatic rings. The van der Waals surface area contributed by atoms with Gasteiger partial charge in [0.25, 0.3) is 0 Å². The average molecular weight is 279 g/mol. The first-order chi connectivity index (χ1) is 8.85. The summed E-state index contributed by atoms with van der Waals surface area (Å²) < 4.78 is 54.7. The molecule has 0 radical (unpaired) electrons. The highest BCUT2D eigenvalue weighted by atomic mass is 19.4. The van der Waals surface area contributed by atoms with E-state index in [1.807, 2.05) is 5.32 Å². The third kappa shape index (κ3) is 4.86. The van der Waals surface area contributed by atoms with Gasteiger partial charge in [-0.15, -0.1) is 0 Å². The molecule has 0 amide bonds. The van der Waals surface area contributed by atoms with Gasteiger partial charge in [0, 0.05) is 5.56 Å². The Labute approximate surface area is 107 Å². The van der Waals surface area contributed by atoms with Crippen molar-refractivity contribution in [3.8, 4) is 0 Å².